The van der Waals surface area contributed by atoms with E-state index in [0.29, 0.717) is 13.2 Å². The monoisotopic (exact) mass is 282 g/mol. The quantitative estimate of drug-likeness (QED) is 0.823. The number of pyridine rings is 1. The first-order valence-corrected chi connectivity index (χ1v) is 5.88. The number of nitrogens with two attached hydrogens (primary N) is 1. The number of ether oxygens (including phenoxy) is 1. The highest BCUT2D eigenvalue weighted by molar-refractivity contribution is 9.10. The van der Waals surface area contributed by atoms with E-state index in [1.807, 2.05) is 6.07 Å². The molecule has 3 rings (SSSR count). The maximum atomic E-state index is 5.95. The predicted molar refractivity (Wildman–Crippen MR) is 63.1 cm³/mol. The second-order valence-electron chi connectivity index (χ2n) is 3.95. The number of rotatable bonds is 1. The van der Waals surface area contributed by atoms with Crippen molar-refractivity contribution in [1.29, 1.82) is 0 Å². The number of aromatic amines is 1. The molecule has 0 aliphatic carbocycles. The first-order chi connectivity index (χ1) is 7.74. The van der Waals surface area contributed by atoms with Crippen LogP contribution in [-0.2, 0) is 4.74 Å². The minimum atomic E-state index is 0.0176. The van der Waals surface area contributed by atoms with Gasteiger partial charge >= 0.3 is 0 Å². The first kappa shape index (κ1) is 10.2. The Labute approximate surface area is 101 Å². The third kappa shape index (κ3) is 1.63. The van der Waals surface area contributed by atoms with Gasteiger partial charge < -0.3 is 15.5 Å². The first-order valence-electron chi connectivity index (χ1n) is 5.08. The molecule has 1 fully saturated rings. The third-order valence-corrected chi connectivity index (χ3v) is 3.23. The van der Waals surface area contributed by atoms with Gasteiger partial charge in [-0.05, 0) is 22.0 Å². The standard InChI is InChI=1S/C10H11BrN4O/c11-5-1-8-10(13-2-5)15-9(14-8)6-3-16-4-7(6)12/h1-2,6-7H,3-4,12H2,(H,13,14,15). The lowest BCUT2D eigenvalue weighted by Crippen LogP contribution is -2.27. The molecule has 1 aliphatic rings. The van der Waals surface area contributed by atoms with Crippen LogP contribution in [0, 0.1) is 0 Å². The van der Waals surface area contributed by atoms with Crippen LogP contribution in [0.15, 0.2) is 16.7 Å². The molecule has 1 saturated heterocycles. The van der Waals surface area contributed by atoms with Gasteiger partial charge in [-0.25, -0.2) is 9.97 Å². The fourth-order valence-corrected chi connectivity index (χ4v) is 2.25. The van der Waals surface area contributed by atoms with Crippen molar-refractivity contribution in [2.75, 3.05) is 13.2 Å². The number of fused-ring (bicyclic) bond motifs is 1. The number of halogens is 1. The Bertz CT molecular complexity index is 527. The van der Waals surface area contributed by atoms with E-state index in [1.165, 1.54) is 0 Å². The van der Waals surface area contributed by atoms with Crippen molar-refractivity contribution in [1.82, 2.24) is 15.0 Å². The third-order valence-electron chi connectivity index (χ3n) is 2.80. The van der Waals surface area contributed by atoms with Gasteiger partial charge in [0, 0.05) is 16.7 Å². The van der Waals surface area contributed by atoms with Crippen LogP contribution >= 0.6 is 15.9 Å². The van der Waals surface area contributed by atoms with Gasteiger partial charge in [-0.15, -0.1) is 0 Å². The fourth-order valence-electron chi connectivity index (χ4n) is 1.92. The number of aromatic nitrogens is 3. The molecule has 2 unspecified atom stereocenters. The Hall–Kier alpha value is -0.980. The van der Waals surface area contributed by atoms with Crippen LogP contribution in [0.3, 0.4) is 0 Å². The number of nitrogens with zero attached hydrogens (tertiary/aromatic N) is 2. The lowest BCUT2D eigenvalue weighted by atomic mass is 10.0. The normalized spacial score (nSPS) is 25.4. The molecule has 2 aromatic heterocycles. The van der Waals surface area contributed by atoms with E-state index in [1.54, 1.807) is 6.20 Å². The van der Waals surface area contributed by atoms with Crippen molar-refractivity contribution < 1.29 is 4.74 Å². The molecule has 84 valence electrons. The summed E-state index contributed by atoms with van der Waals surface area (Å²) in [7, 11) is 0. The van der Waals surface area contributed by atoms with Crippen molar-refractivity contribution in [3.05, 3.63) is 22.6 Å². The average molecular weight is 283 g/mol. The summed E-state index contributed by atoms with van der Waals surface area (Å²) in [4.78, 5) is 11.9. The molecule has 6 heteroatoms. The number of nitrogens with one attached hydrogen (secondary N) is 1. The summed E-state index contributed by atoms with van der Waals surface area (Å²) in [6.45, 7) is 1.22. The number of hydrogen-bond donors (Lipinski definition) is 2. The fraction of sp³-hybridized carbons (Fsp3) is 0.400. The molecule has 0 bridgehead atoms. The zero-order valence-corrected chi connectivity index (χ0v) is 10.1. The molecule has 1 aliphatic heterocycles. The van der Waals surface area contributed by atoms with Crippen LogP contribution in [-0.4, -0.2) is 34.2 Å². The summed E-state index contributed by atoms with van der Waals surface area (Å²) in [6.07, 6.45) is 1.73. The molecule has 5 nitrogen and oxygen atoms in total. The van der Waals surface area contributed by atoms with Crippen LogP contribution < -0.4 is 5.73 Å². The Balaban J connectivity index is 2.04. The van der Waals surface area contributed by atoms with Crippen molar-refractivity contribution in [2.45, 2.75) is 12.0 Å². The van der Waals surface area contributed by atoms with E-state index in [-0.39, 0.29) is 12.0 Å². The van der Waals surface area contributed by atoms with E-state index in [2.05, 4.69) is 30.9 Å². The Morgan fingerprint density at radius 1 is 1.50 bits per heavy atom. The van der Waals surface area contributed by atoms with Gasteiger partial charge in [0.15, 0.2) is 5.65 Å². The van der Waals surface area contributed by atoms with Gasteiger partial charge in [0.1, 0.15) is 5.82 Å². The highest BCUT2D eigenvalue weighted by Gasteiger charge is 2.29. The van der Waals surface area contributed by atoms with Crippen molar-refractivity contribution >= 4 is 27.1 Å². The van der Waals surface area contributed by atoms with E-state index in [9.17, 15) is 0 Å². The second kappa shape index (κ2) is 3.80. The molecule has 0 saturated carbocycles. The summed E-state index contributed by atoms with van der Waals surface area (Å²) in [6, 6.07) is 1.98. The van der Waals surface area contributed by atoms with E-state index in [0.717, 1.165) is 21.5 Å². The Morgan fingerprint density at radius 2 is 2.38 bits per heavy atom. The molecule has 0 amide bonds. The van der Waals surface area contributed by atoms with Crippen molar-refractivity contribution in [2.24, 2.45) is 5.73 Å². The van der Waals surface area contributed by atoms with Gasteiger partial charge in [-0.2, -0.15) is 0 Å². The maximum absolute atomic E-state index is 5.95. The van der Waals surface area contributed by atoms with Crippen LogP contribution in [0.2, 0.25) is 0 Å². The van der Waals surface area contributed by atoms with Crippen LogP contribution in [0.1, 0.15) is 11.7 Å². The average Bonchev–Trinajstić information content (AvgIpc) is 2.82. The van der Waals surface area contributed by atoms with Gasteiger partial charge in [0.25, 0.3) is 0 Å². The smallest absolute Gasteiger partial charge is 0.177 e. The molecular formula is C10H11BrN4O. The van der Waals surface area contributed by atoms with Crippen LogP contribution in [0.4, 0.5) is 0 Å². The molecule has 0 spiro atoms. The minimum Gasteiger partial charge on any atom is -0.379 e. The lowest BCUT2D eigenvalue weighted by molar-refractivity contribution is 0.190. The van der Waals surface area contributed by atoms with E-state index >= 15 is 0 Å². The van der Waals surface area contributed by atoms with Gasteiger partial charge in [-0.1, -0.05) is 0 Å². The number of hydrogen-bond acceptors (Lipinski definition) is 4. The highest BCUT2D eigenvalue weighted by atomic mass is 79.9. The van der Waals surface area contributed by atoms with E-state index < -0.39 is 0 Å². The van der Waals surface area contributed by atoms with Gasteiger partial charge in [0.2, 0.25) is 0 Å². The van der Waals surface area contributed by atoms with Gasteiger partial charge in [-0.3, -0.25) is 0 Å². The molecule has 2 aromatic rings. The zero-order chi connectivity index (χ0) is 11.1. The summed E-state index contributed by atoms with van der Waals surface area (Å²) in [5.74, 6) is 1.01. The van der Waals surface area contributed by atoms with Crippen molar-refractivity contribution in [3.63, 3.8) is 0 Å². The molecule has 0 aromatic carbocycles. The predicted octanol–water partition coefficient (Wildman–Crippen LogP) is 1.16. The largest absolute Gasteiger partial charge is 0.379 e. The highest BCUT2D eigenvalue weighted by Crippen LogP contribution is 2.24. The molecule has 3 heterocycles. The second-order valence-corrected chi connectivity index (χ2v) is 4.87. The molecule has 3 N–H and O–H groups in total. The molecular weight excluding hydrogens is 272 g/mol. The van der Waals surface area contributed by atoms with Crippen LogP contribution in [0.25, 0.3) is 11.2 Å². The number of H-pyrrole nitrogens is 1. The Kier molecular flexibility index (Phi) is 2.42. The van der Waals surface area contributed by atoms with Gasteiger partial charge in [0.05, 0.1) is 24.6 Å². The molecule has 16 heavy (non-hydrogen) atoms. The number of imidazole rings is 1. The molecule has 0 radical (unpaired) electrons. The van der Waals surface area contributed by atoms with Crippen LogP contribution in [0.5, 0.6) is 0 Å². The minimum absolute atomic E-state index is 0.0176. The topological polar surface area (TPSA) is 76.8 Å². The zero-order valence-electron chi connectivity index (χ0n) is 8.48. The molecule has 2 atom stereocenters. The summed E-state index contributed by atoms with van der Waals surface area (Å²) >= 11 is 3.38. The van der Waals surface area contributed by atoms with E-state index in [4.69, 9.17) is 10.5 Å². The Morgan fingerprint density at radius 3 is 3.12 bits per heavy atom. The van der Waals surface area contributed by atoms with Crippen molar-refractivity contribution in [3.8, 4) is 0 Å². The SMILES string of the molecule is NC1COCC1c1nc2ncc(Br)cc2[nH]1. The summed E-state index contributed by atoms with van der Waals surface area (Å²) in [5.41, 5.74) is 7.59. The summed E-state index contributed by atoms with van der Waals surface area (Å²) < 4.78 is 6.26. The maximum Gasteiger partial charge on any atom is 0.177 e. The lowest BCUT2D eigenvalue weighted by Gasteiger charge is -2.08. The summed E-state index contributed by atoms with van der Waals surface area (Å²) in [5, 5.41) is 0.